The molecule has 6 heteroatoms. The van der Waals surface area contributed by atoms with E-state index in [9.17, 15) is 9.90 Å². The summed E-state index contributed by atoms with van der Waals surface area (Å²) in [6.07, 6.45) is 0.755. The van der Waals surface area contributed by atoms with Crippen LogP contribution in [0.25, 0.3) is 10.6 Å². The molecule has 0 aliphatic carbocycles. The fraction of sp³-hybridized carbons (Fsp3) is 0.524. The van der Waals surface area contributed by atoms with Crippen LogP contribution in [0.5, 0.6) is 0 Å². The molecule has 2 heterocycles. The van der Waals surface area contributed by atoms with Crippen LogP contribution in [0, 0.1) is 24.2 Å². The first-order valence-electron chi connectivity index (χ1n) is 9.31. The molecular formula is C21H27ClN2O2S. The number of aromatic nitrogens is 1. The van der Waals surface area contributed by atoms with Gasteiger partial charge >= 0.3 is 5.97 Å². The molecule has 0 radical (unpaired) electrons. The Labute approximate surface area is 170 Å². The van der Waals surface area contributed by atoms with E-state index < -0.39 is 5.97 Å². The number of rotatable bonds is 4. The van der Waals surface area contributed by atoms with Crippen LogP contribution in [0.4, 0.5) is 0 Å². The highest BCUT2D eigenvalue weighted by atomic mass is 35.5. The van der Waals surface area contributed by atoms with Gasteiger partial charge in [0.1, 0.15) is 5.01 Å². The number of aryl methyl sites for hydroxylation is 1. The van der Waals surface area contributed by atoms with Gasteiger partial charge in [0.2, 0.25) is 0 Å². The molecule has 1 aromatic carbocycles. The second-order valence-corrected chi connectivity index (χ2v) is 10.1. The third-order valence-electron chi connectivity index (χ3n) is 5.43. The van der Waals surface area contributed by atoms with Crippen molar-refractivity contribution in [2.45, 2.75) is 40.7 Å². The minimum Gasteiger partial charge on any atom is -0.481 e. The summed E-state index contributed by atoms with van der Waals surface area (Å²) in [5, 5.41) is 11.3. The molecular weight excluding hydrogens is 380 g/mol. The van der Waals surface area contributed by atoms with Crippen LogP contribution in [-0.4, -0.2) is 34.0 Å². The highest BCUT2D eigenvalue weighted by molar-refractivity contribution is 7.15. The third-order valence-corrected chi connectivity index (χ3v) is 6.86. The summed E-state index contributed by atoms with van der Waals surface area (Å²) >= 11 is 7.79. The molecule has 2 aromatic rings. The summed E-state index contributed by atoms with van der Waals surface area (Å²) in [6.45, 7) is 10.9. The van der Waals surface area contributed by atoms with Gasteiger partial charge in [-0.1, -0.05) is 44.5 Å². The molecule has 0 bridgehead atoms. The molecule has 0 unspecified atom stereocenters. The molecule has 1 aliphatic rings. The lowest BCUT2D eigenvalue weighted by Gasteiger charge is -2.42. The monoisotopic (exact) mass is 406 g/mol. The van der Waals surface area contributed by atoms with Crippen molar-refractivity contribution in [3.63, 3.8) is 0 Å². The van der Waals surface area contributed by atoms with Crippen LogP contribution in [0.2, 0.25) is 5.02 Å². The Balaban J connectivity index is 1.80. The molecule has 27 heavy (non-hydrogen) atoms. The third kappa shape index (κ3) is 4.89. The van der Waals surface area contributed by atoms with E-state index in [1.807, 2.05) is 31.2 Å². The largest absolute Gasteiger partial charge is 0.481 e. The first-order valence-corrected chi connectivity index (χ1v) is 10.5. The molecule has 3 rings (SSSR count). The van der Waals surface area contributed by atoms with Crippen molar-refractivity contribution in [1.29, 1.82) is 0 Å². The van der Waals surface area contributed by atoms with Crippen molar-refractivity contribution in [1.82, 2.24) is 9.88 Å². The average molecular weight is 407 g/mol. The van der Waals surface area contributed by atoms with Gasteiger partial charge in [-0.2, -0.15) is 0 Å². The van der Waals surface area contributed by atoms with Crippen LogP contribution in [-0.2, 0) is 11.3 Å². The maximum absolute atomic E-state index is 11.7. The Hall–Kier alpha value is -1.43. The van der Waals surface area contributed by atoms with Crippen molar-refractivity contribution in [2.75, 3.05) is 13.1 Å². The first-order chi connectivity index (χ1) is 12.6. The highest BCUT2D eigenvalue weighted by Gasteiger charge is 2.37. The second-order valence-electron chi connectivity index (χ2n) is 8.57. The Morgan fingerprint density at radius 3 is 2.74 bits per heavy atom. The first kappa shape index (κ1) is 20.3. The Kier molecular flexibility index (Phi) is 5.94. The van der Waals surface area contributed by atoms with Crippen LogP contribution >= 0.6 is 22.9 Å². The van der Waals surface area contributed by atoms with Crippen molar-refractivity contribution in [3.8, 4) is 10.6 Å². The zero-order valence-electron chi connectivity index (χ0n) is 16.3. The highest BCUT2D eigenvalue weighted by Crippen LogP contribution is 2.37. The molecule has 1 N–H and O–H groups in total. The molecule has 1 fully saturated rings. The van der Waals surface area contributed by atoms with Gasteiger partial charge in [0.25, 0.3) is 0 Å². The summed E-state index contributed by atoms with van der Waals surface area (Å²) in [7, 11) is 0. The van der Waals surface area contributed by atoms with Crippen LogP contribution in [0.1, 0.15) is 37.8 Å². The fourth-order valence-electron chi connectivity index (χ4n) is 3.65. The van der Waals surface area contributed by atoms with Crippen molar-refractivity contribution in [2.24, 2.45) is 17.3 Å². The number of halogens is 1. The summed E-state index contributed by atoms with van der Waals surface area (Å²) in [4.78, 5) is 19.9. The quantitative estimate of drug-likeness (QED) is 0.744. The minimum absolute atomic E-state index is 0.0983. The number of hydrogen-bond donors (Lipinski definition) is 1. The SMILES string of the molecule is Cc1nc(-c2cccc(Cl)c2)sc1CN1C[C@H](C(=O)O)C[C@@H](C(C)(C)C)C1. The van der Waals surface area contributed by atoms with E-state index in [1.54, 1.807) is 11.3 Å². The van der Waals surface area contributed by atoms with Gasteiger partial charge < -0.3 is 5.11 Å². The number of aliphatic carboxylic acids is 1. The number of benzene rings is 1. The van der Waals surface area contributed by atoms with Gasteiger partial charge in [0.05, 0.1) is 11.6 Å². The number of piperidine rings is 1. The van der Waals surface area contributed by atoms with Crippen molar-refractivity contribution >= 4 is 28.9 Å². The lowest BCUT2D eigenvalue weighted by molar-refractivity contribution is -0.145. The molecule has 0 saturated carbocycles. The molecule has 2 atom stereocenters. The molecule has 1 saturated heterocycles. The van der Waals surface area contributed by atoms with E-state index in [4.69, 9.17) is 16.6 Å². The van der Waals surface area contributed by atoms with E-state index in [0.29, 0.717) is 17.5 Å². The molecule has 1 aromatic heterocycles. The smallest absolute Gasteiger partial charge is 0.307 e. The number of carboxylic acids is 1. The van der Waals surface area contributed by atoms with Crippen LogP contribution in [0.15, 0.2) is 24.3 Å². The Morgan fingerprint density at radius 2 is 2.11 bits per heavy atom. The van der Waals surface area contributed by atoms with Crippen LogP contribution in [0.3, 0.4) is 0 Å². The van der Waals surface area contributed by atoms with Gasteiger partial charge in [-0.05, 0) is 36.8 Å². The predicted molar refractivity (Wildman–Crippen MR) is 111 cm³/mol. The number of thiazole rings is 1. The zero-order chi connectivity index (χ0) is 19.8. The van der Waals surface area contributed by atoms with E-state index in [-0.39, 0.29) is 11.3 Å². The number of carboxylic acid groups (broad SMARTS) is 1. The number of nitrogens with zero attached hydrogens (tertiary/aromatic N) is 2. The maximum atomic E-state index is 11.7. The topological polar surface area (TPSA) is 53.4 Å². The molecule has 1 aliphatic heterocycles. The van der Waals surface area contributed by atoms with E-state index in [2.05, 4.69) is 25.7 Å². The lowest BCUT2D eigenvalue weighted by Crippen LogP contribution is -2.46. The number of likely N-dealkylation sites (tertiary alicyclic amines) is 1. The minimum atomic E-state index is -0.686. The van der Waals surface area contributed by atoms with Gasteiger partial charge in [-0.25, -0.2) is 4.98 Å². The van der Waals surface area contributed by atoms with Gasteiger partial charge in [-0.3, -0.25) is 9.69 Å². The maximum Gasteiger partial charge on any atom is 0.307 e. The van der Waals surface area contributed by atoms with E-state index in [0.717, 1.165) is 35.8 Å². The van der Waals surface area contributed by atoms with Crippen molar-refractivity contribution in [3.05, 3.63) is 39.9 Å². The van der Waals surface area contributed by atoms with Gasteiger partial charge in [-0.15, -0.1) is 11.3 Å². The van der Waals surface area contributed by atoms with E-state index in [1.165, 1.54) is 4.88 Å². The molecule has 0 spiro atoms. The standard InChI is InChI=1S/C21H27ClN2O2S/c1-13-18(27-19(23-13)14-6-5-7-17(22)9-14)12-24-10-15(20(25)26)8-16(11-24)21(2,3)4/h5-7,9,15-16H,8,10-12H2,1-4H3,(H,25,26)/t15-,16-/m1/s1. The summed E-state index contributed by atoms with van der Waals surface area (Å²) in [6, 6.07) is 7.74. The fourth-order valence-corrected chi connectivity index (χ4v) is 4.94. The summed E-state index contributed by atoms with van der Waals surface area (Å²) in [5.74, 6) is -0.619. The molecule has 146 valence electrons. The van der Waals surface area contributed by atoms with E-state index >= 15 is 0 Å². The Morgan fingerprint density at radius 1 is 1.37 bits per heavy atom. The zero-order valence-corrected chi connectivity index (χ0v) is 17.9. The lowest BCUT2D eigenvalue weighted by atomic mass is 9.73. The van der Waals surface area contributed by atoms with Crippen LogP contribution < -0.4 is 0 Å². The number of hydrogen-bond acceptors (Lipinski definition) is 4. The Bertz CT molecular complexity index is 828. The van der Waals surface area contributed by atoms with Crippen molar-refractivity contribution < 1.29 is 9.90 Å². The molecule has 4 nitrogen and oxygen atoms in total. The predicted octanol–water partition coefficient (Wildman–Crippen LogP) is 5.34. The number of carbonyl (C=O) groups is 1. The summed E-state index contributed by atoms with van der Waals surface area (Å²) in [5.41, 5.74) is 2.14. The van der Waals surface area contributed by atoms with Gasteiger partial charge in [0, 0.05) is 35.1 Å². The molecule has 0 amide bonds. The van der Waals surface area contributed by atoms with Gasteiger partial charge in [0.15, 0.2) is 0 Å². The summed E-state index contributed by atoms with van der Waals surface area (Å²) < 4.78 is 0. The second kappa shape index (κ2) is 7.90. The normalized spacial score (nSPS) is 21.4. The average Bonchev–Trinajstić information content (AvgIpc) is 2.94.